The molecule has 0 radical (unpaired) electrons. The van der Waals surface area contributed by atoms with Crippen molar-refractivity contribution in [2.45, 2.75) is 19.3 Å². The Morgan fingerprint density at radius 3 is 2.88 bits per heavy atom. The molecule has 2 N–H and O–H groups in total. The van der Waals surface area contributed by atoms with E-state index in [-0.39, 0.29) is 12.2 Å². The van der Waals surface area contributed by atoms with Gasteiger partial charge < -0.3 is 10.1 Å². The van der Waals surface area contributed by atoms with Gasteiger partial charge in [0.1, 0.15) is 0 Å². The summed E-state index contributed by atoms with van der Waals surface area (Å²) in [4.78, 5) is 10.8. The third kappa shape index (κ3) is 5.99. The van der Waals surface area contributed by atoms with Gasteiger partial charge in [-0.25, -0.2) is 13.1 Å². The van der Waals surface area contributed by atoms with Crippen molar-refractivity contribution in [3.63, 3.8) is 0 Å². The second-order valence-electron chi connectivity index (χ2n) is 4.19. The molecule has 0 amide bonds. The van der Waals surface area contributed by atoms with Crippen molar-refractivity contribution < 1.29 is 17.9 Å². The molecule has 1 rings (SSSR count). The van der Waals surface area contributed by atoms with E-state index in [2.05, 4.69) is 14.8 Å². The Bertz CT molecular complexity index is 336. The van der Waals surface area contributed by atoms with E-state index in [9.17, 15) is 13.2 Å². The largest absolute Gasteiger partial charge is 0.469 e. The van der Waals surface area contributed by atoms with Crippen molar-refractivity contribution in [2.24, 2.45) is 5.92 Å². The van der Waals surface area contributed by atoms with Crippen LogP contribution in [0.3, 0.4) is 0 Å². The number of hydrogen-bond acceptors (Lipinski definition) is 5. The first-order chi connectivity index (χ1) is 8.03. The smallest absolute Gasteiger partial charge is 0.306 e. The number of sulfonamides is 1. The summed E-state index contributed by atoms with van der Waals surface area (Å²) < 4.78 is 29.9. The predicted molar refractivity (Wildman–Crippen MR) is 64.0 cm³/mol. The number of rotatable bonds is 7. The van der Waals surface area contributed by atoms with Gasteiger partial charge in [-0.1, -0.05) is 0 Å². The molecule has 1 unspecified atom stereocenters. The zero-order valence-corrected chi connectivity index (χ0v) is 10.9. The molecule has 0 bridgehead atoms. The van der Waals surface area contributed by atoms with E-state index in [0.717, 1.165) is 25.9 Å². The molecule has 0 aromatic heterocycles. The van der Waals surface area contributed by atoms with Crippen LogP contribution in [0.15, 0.2) is 0 Å². The molecule has 0 spiro atoms. The molecule has 1 heterocycles. The van der Waals surface area contributed by atoms with Gasteiger partial charge in [0.15, 0.2) is 0 Å². The third-order valence-electron chi connectivity index (χ3n) is 2.84. The van der Waals surface area contributed by atoms with Crippen LogP contribution in [0, 0.1) is 5.92 Å². The lowest BCUT2D eigenvalue weighted by atomic mass is 10.1. The minimum absolute atomic E-state index is 0.100. The summed E-state index contributed by atoms with van der Waals surface area (Å²) in [6, 6.07) is 0. The molecule has 1 fully saturated rings. The molecule has 0 aromatic carbocycles. The predicted octanol–water partition coefficient (Wildman–Crippen LogP) is -0.531. The fourth-order valence-corrected chi connectivity index (χ4v) is 2.78. The number of esters is 1. The molecular weight excluding hydrogens is 244 g/mol. The van der Waals surface area contributed by atoms with E-state index in [1.54, 1.807) is 0 Å². The molecule has 0 aromatic rings. The van der Waals surface area contributed by atoms with Gasteiger partial charge in [0, 0.05) is 6.54 Å². The molecule has 1 atom stereocenters. The summed E-state index contributed by atoms with van der Waals surface area (Å²) in [5.41, 5.74) is 0. The maximum Gasteiger partial charge on any atom is 0.306 e. The number of carbonyl (C=O) groups is 1. The average molecular weight is 264 g/mol. The molecule has 1 saturated heterocycles. The SMILES string of the molecule is COC(=O)CCS(=O)(=O)NCCC1CCNC1. The Kier molecular flexibility index (Phi) is 5.87. The molecule has 1 aliphatic rings. The summed E-state index contributed by atoms with van der Waals surface area (Å²) in [5, 5.41) is 3.23. The van der Waals surface area contributed by atoms with Gasteiger partial charge in [-0.3, -0.25) is 4.79 Å². The fourth-order valence-electron chi connectivity index (χ4n) is 1.77. The summed E-state index contributed by atoms with van der Waals surface area (Å²) in [5.74, 6) is -0.156. The lowest BCUT2D eigenvalue weighted by molar-refractivity contribution is -0.140. The van der Waals surface area contributed by atoms with Crippen molar-refractivity contribution >= 4 is 16.0 Å². The van der Waals surface area contributed by atoms with Crippen LogP contribution in [-0.4, -0.2) is 46.9 Å². The fraction of sp³-hybridized carbons (Fsp3) is 0.900. The summed E-state index contributed by atoms with van der Waals surface area (Å²) in [7, 11) is -2.10. The number of carbonyl (C=O) groups excluding carboxylic acids is 1. The second kappa shape index (κ2) is 6.93. The average Bonchev–Trinajstić information content (AvgIpc) is 2.79. The molecule has 17 heavy (non-hydrogen) atoms. The number of hydrogen-bond donors (Lipinski definition) is 2. The number of ether oxygens (including phenoxy) is 1. The molecular formula is C10H20N2O4S. The summed E-state index contributed by atoms with van der Waals surface area (Å²) in [6.45, 7) is 2.42. The maximum absolute atomic E-state index is 11.5. The first kappa shape index (κ1) is 14.4. The lowest BCUT2D eigenvalue weighted by Gasteiger charge is -2.09. The van der Waals surface area contributed by atoms with Crippen LogP contribution >= 0.6 is 0 Å². The lowest BCUT2D eigenvalue weighted by Crippen LogP contribution is -2.29. The van der Waals surface area contributed by atoms with E-state index in [4.69, 9.17) is 0 Å². The van der Waals surface area contributed by atoms with E-state index < -0.39 is 16.0 Å². The van der Waals surface area contributed by atoms with Crippen molar-refractivity contribution in [1.82, 2.24) is 10.0 Å². The zero-order valence-electron chi connectivity index (χ0n) is 10.1. The van der Waals surface area contributed by atoms with Crippen molar-refractivity contribution in [3.8, 4) is 0 Å². The topological polar surface area (TPSA) is 84.5 Å². The minimum atomic E-state index is -3.35. The highest BCUT2D eigenvalue weighted by atomic mass is 32.2. The van der Waals surface area contributed by atoms with E-state index >= 15 is 0 Å². The maximum atomic E-state index is 11.5. The Labute approximate surface area is 102 Å². The van der Waals surface area contributed by atoms with Gasteiger partial charge >= 0.3 is 5.97 Å². The zero-order chi connectivity index (χ0) is 12.7. The van der Waals surface area contributed by atoms with Crippen molar-refractivity contribution in [3.05, 3.63) is 0 Å². The van der Waals surface area contributed by atoms with Crippen LogP contribution in [0.4, 0.5) is 0 Å². The normalized spacial score (nSPS) is 20.4. The van der Waals surface area contributed by atoms with Crippen LogP contribution in [0.1, 0.15) is 19.3 Å². The number of nitrogens with one attached hydrogen (secondary N) is 2. The van der Waals surface area contributed by atoms with E-state index in [0.29, 0.717) is 12.5 Å². The Balaban J connectivity index is 2.17. The molecule has 0 saturated carbocycles. The number of methoxy groups -OCH3 is 1. The minimum Gasteiger partial charge on any atom is -0.469 e. The molecule has 0 aliphatic carbocycles. The van der Waals surface area contributed by atoms with Crippen molar-refractivity contribution in [2.75, 3.05) is 32.5 Å². The van der Waals surface area contributed by atoms with Crippen LogP contribution in [0.25, 0.3) is 0 Å². The highest BCUT2D eigenvalue weighted by Gasteiger charge is 2.16. The van der Waals surface area contributed by atoms with Gasteiger partial charge in [0.25, 0.3) is 0 Å². The second-order valence-corrected chi connectivity index (χ2v) is 6.11. The van der Waals surface area contributed by atoms with Gasteiger partial charge in [-0.05, 0) is 31.8 Å². The summed E-state index contributed by atoms with van der Waals surface area (Å²) in [6.07, 6.45) is 1.84. The van der Waals surface area contributed by atoms with Gasteiger partial charge in [0.05, 0.1) is 19.3 Å². The molecule has 1 aliphatic heterocycles. The van der Waals surface area contributed by atoms with Crippen molar-refractivity contribution in [1.29, 1.82) is 0 Å². The highest BCUT2D eigenvalue weighted by molar-refractivity contribution is 7.89. The van der Waals surface area contributed by atoms with Crippen LogP contribution in [0.2, 0.25) is 0 Å². The van der Waals surface area contributed by atoms with Crippen LogP contribution in [0.5, 0.6) is 0 Å². The molecule has 6 nitrogen and oxygen atoms in total. The standard InChI is InChI=1S/C10H20N2O4S/c1-16-10(13)4-7-17(14,15)12-6-3-9-2-5-11-8-9/h9,11-12H,2-8H2,1H3. The van der Waals surface area contributed by atoms with Crippen LogP contribution < -0.4 is 10.0 Å². The van der Waals surface area contributed by atoms with Gasteiger partial charge in [0.2, 0.25) is 10.0 Å². The monoisotopic (exact) mass is 264 g/mol. The highest BCUT2D eigenvalue weighted by Crippen LogP contribution is 2.10. The first-order valence-electron chi connectivity index (χ1n) is 5.78. The first-order valence-corrected chi connectivity index (χ1v) is 7.43. The van der Waals surface area contributed by atoms with Gasteiger partial charge in [-0.2, -0.15) is 0 Å². The Hall–Kier alpha value is -0.660. The van der Waals surface area contributed by atoms with E-state index in [1.165, 1.54) is 7.11 Å². The van der Waals surface area contributed by atoms with Crippen LogP contribution in [-0.2, 0) is 19.6 Å². The summed E-state index contributed by atoms with van der Waals surface area (Å²) >= 11 is 0. The molecule has 100 valence electrons. The van der Waals surface area contributed by atoms with Gasteiger partial charge in [-0.15, -0.1) is 0 Å². The quantitative estimate of drug-likeness (QED) is 0.604. The Morgan fingerprint density at radius 1 is 1.53 bits per heavy atom. The Morgan fingerprint density at radius 2 is 2.29 bits per heavy atom. The molecule has 7 heteroatoms. The third-order valence-corrected chi connectivity index (χ3v) is 4.23. The van der Waals surface area contributed by atoms with E-state index in [1.807, 2.05) is 0 Å².